The topological polar surface area (TPSA) is 107 Å². The van der Waals surface area contributed by atoms with E-state index >= 15 is 0 Å². The Morgan fingerprint density at radius 3 is 2.51 bits per heavy atom. The second kappa shape index (κ2) is 9.58. The third-order valence-corrected chi connectivity index (χ3v) is 8.55. The Balaban J connectivity index is 1.71. The summed E-state index contributed by atoms with van der Waals surface area (Å²) in [6, 6.07) is 0.624. The first-order valence-electron chi connectivity index (χ1n) is 12.6. The number of thiazole rings is 1. The van der Waals surface area contributed by atoms with Crippen LogP contribution in [-0.2, 0) is 0 Å². The molecule has 2 atom stereocenters. The molecule has 0 aromatic carbocycles. The molecular formula is C26H35F2N5O3S. The van der Waals surface area contributed by atoms with Crippen LogP contribution in [0.25, 0.3) is 10.4 Å². The molecule has 2 fully saturated rings. The van der Waals surface area contributed by atoms with Crippen molar-refractivity contribution in [2.24, 2.45) is 0 Å². The maximum Gasteiger partial charge on any atom is 0.280 e. The lowest BCUT2D eigenvalue weighted by molar-refractivity contribution is 0.0118. The number of amides is 2. The van der Waals surface area contributed by atoms with Gasteiger partial charge in [-0.3, -0.25) is 9.59 Å². The molecule has 0 bridgehead atoms. The van der Waals surface area contributed by atoms with Crippen molar-refractivity contribution in [3.63, 3.8) is 0 Å². The van der Waals surface area contributed by atoms with Crippen molar-refractivity contribution in [1.82, 2.24) is 20.2 Å². The van der Waals surface area contributed by atoms with E-state index in [2.05, 4.69) is 27.5 Å². The number of halogens is 2. The van der Waals surface area contributed by atoms with E-state index in [1.165, 1.54) is 0 Å². The van der Waals surface area contributed by atoms with Crippen molar-refractivity contribution in [1.29, 1.82) is 0 Å². The van der Waals surface area contributed by atoms with Crippen molar-refractivity contribution >= 4 is 29.0 Å². The quantitative estimate of drug-likeness (QED) is 0.477. The lowest BCUT2D eigenvalue weighted by Crippen LogP contribution is -2.47. The zero-order chi connectivity index (χ0) is 27.3. The Morgan fingerprint density at radius 1 is 1.32 bits per heavy atom. The minimum atomic E-state index is -2.98. The van der Waals surface area contributed by atoms with Gasteiger partial charge in [-0.05, 0) is 72.4 Å². The first-order valence-corrected chi connectivity index (χ1v) is 13.4. The number of nitrogens with zero attached hydrogens (tertiary/aromatic N) is 3. The van der Waals surface area contributed by atoms with E-state index in [4.69, 9.17) is 0 Å². The van der Waals surface area contributed by atoms with Crippen LogP contribution in [0.1, 0.15) is 86.2 Å². The predicted molar refractivity (Wildman–Crippen MR) is 139 cm³/mol. The fourth-order valence-corrected chi connectivity index (χ4v) is 5.64. The summed E-state index contributed by atoms with van der Waals surface area (Å²) in [4.78, 5) is 36.9. The summed E-state index contributed by atoms with van der Waals surface area (Å²) in [5.74, 6) is -3.46. The maximum absolute atomic E-state index is 14.1. The van der Waals surface area contributed by atoms with E-state index in [1.54, 1.807) is 33.9 Å². The average molecular weight is 536 g/mol. The van der Waals surface area contributed by atoms with Crippen LogP contribution in [0, 0.1) is 6.92 Å². The highest BCUT2D eigenvalue weighted by molar-refractivity contribution is 7.17. The molecule has 1 saturated carbocycles. The van der Waals surface area contributed by atoms with Gasteiger partial charge >= 0.3 is 0 Å². The standard InChI is InChI=1S/C26H35F2N5O3S/c1-14-10-18(32-25(6)8-7-9-25)29-12-17(14)20-19(23(35)33-13-26(27,28)11-15(33)2)31-22(37-20)21(34)30-16(3)24(4,5)36/h10,12,15-16,36H,7-9,11,13H2,1-6H3,(H,29,32)(H,30,34)/t15-,16-/m0/s1. The minimum Gasteiger partial charge on any atom is -0.388 e. The molecule has 3 heterocycles. The normalized spacial score (nSPS) is 21.3. The van der Waals surface area contributed by atoms with Crippen LogP contribution in [-0.4, -0.2) is 67.5 Å². The number of anilines is 1. The first-order chi connectivity index (χ1) is 17.1. The van der Waals surface area contributed by atoms with Gasteiger partial charge in [0.2, 0.25) is 0 Å². The summed E-state index contributed by atoms with van der Waals surface area (Å²) in [6.45, 7) is 9.72. The predicted octanol–water partition coefficient (Wildman–Crippen LogP) is 4.63. The van der Waals surface area contributed by atoms with Gasteiger partial charge < -0.3 is 20.6 Å². The number of hydrogen-bond acceptors (Lipinski definition) is 7. The Bertz CT molecular complexity index is 1210. The van der Waals surface area contributed by atoms with Gasteiger partial charge in [0.15, 0.2) is 5.01 Å². The Kier molecular flexibility index (Phi) is 7.09. The van der Waals surface area contributed by atoms with E-state index in [-0.39, 0.29) is 16.2 Å². The summed E-state index contributed by atoms with van der Waals surface area (Å²) >= 11 is 1.01. The highest BCUT2D eigenvalue weighted by Crippen LogP contribution is 2.39. The molecule has 202 valence electrons. The molecule has 0 radical (unpaired) electrons. The molecule has 1 aliphatic heterocycles. The van der Waals surface area contributed by atoms with E-state index in [0.717, 1.165) is 41.1 Å². The molecule has 2 aliphatic rings. The monoisotopic (exact) mass is 535 g/mol. The lowest BCUT2D eigenvalue weighted by Gasteiger charge is -2.39. The number of hydrogen-bond donors (Lipinski definition) is 3. The molecule has 0 spiro atoms. The smallest absolute Gasteiger partial charge is 0.280 e. The van der Waals surface area contributed by atoms with Crippen molar-refractivity contribution in [2.75, 3.05) is 11.9 Å². The number of nitrogens with one attached hydrogen (secondary N) is 2. The third kappa shape index (κ3) is 5.77. The summed E-state index contributed by atoms with van der Waals surface area (Å²) in [7, 11) is 0. The van der Waals surface area contributed by atoms with Gasteiger partial charge in [-0.15, -0.1) is 11.3 Å². The summed E-state index contributed by atoms with van der Waals surface area (Å²) in [6.07, 6.45) is 4.49. The SMILES string of the molecule is Cc1cc(NC2(C)CCC2)ncc1-c1sc(C(=O)N[C@@H](C)C(C)(C)O)nc1C(=O)N1CC(F)(F)C[C@@H]1C. The molecule has 37 heavy (non-hydrogen) atoms. The highest BCUT2D eigenvalue weighted by atomic mass is 32.1. The van der Waals surface area contributed by atoms with Crippen LogP contribution in [0.15, 0.2) is 12.3 Å². The molecule has 2 aromatic heterocycles. The largest absolute Gasteiger partial charge is 0.388 e. The van der Waals surface area contributed by atoms with Gasteiger partial charge in [0.05, 0.1) is 23.1 Å². The van der Waals surface area contributed by atoms with Crippen molar-refractivity contribution in [3.05, 3.63) is 28.5 Å². The number of alkyl halides is 2. The van der Waals surface area contributed by atoms with Crippen LogP contribution < -0.4 is 10.6 Å². The molecule has 1 saturated heterocycles. The zero-order valence-corrected chi connectivity index (χ0v) is 22.9. The number of likely N-dealkylation sites (tertiary alicyclic amines) is 1. The van der Waals surface area contributed by atoms with Crippen molar-refractivity contribution < 1.29 is 23.5 Å². The number of pyridine rings is 1. The van der Waals surface area contributed by atoms with E-state index in [1.807, 2.05) is 13.0 Å². The molecule has 2 amide bonds. The van der Waals surface area contributed by atoms with Crippen LogP contribution in [0.4, 0.5) is 14.6 Å². The van der Waals surface area contributed by atoms with Gasteiger partial charge in [0.25, 0.3) is 17.7 Å². The molecule has 11 heteroatoms. The molecular weight excluding hydrogens is 500 g/mol. The maximum atomic E-state index is 14.1. The van der Waals surface area contributed by atoms with Crippen LogP contribution in [0.2, 0.25) is 0 Å². The molecule has 0 unspecified atom stereocenters. The van der Waals surface area contributed by atoms with Crippen LogP contribution in [0.3, 0.4) is 0 Å². The molecule has 3 N–H and O–H groups in total. The van der Waals surface area contributed by atoms with Crippen LogP contribution >= 0.6 is 11.3 Å². The molecule has 8 nitrogen and oxygen atoms in total. The van der Waals surface area contributed by atoms with E-state index < -0.39 is 48.4 Å². The number of aliphatic hydroxyl groups is 1. The number of rotatable bonds is 7. The third-order valence-electron chi connectivity index (χ3n) is 7.46. The number of carbonyl (C=O) groups is 2. The first kappa shape index (κ1) is 27.4. The average Bonchev–Trinajstić information content (AvgIpc) is 3.31. The second-order valence-electron chi connectivity index (χ2n) is 11.3. The van der Waals surface area contributed by atoms with Gasteiger partial charge in [-0.2, -0.15) is 0 Å². The summed E-state index contributed by atoms with van der Waals surface area (Å²) in [5, 5.41) is 16.4. The number of carbonyl (C=O) groups excluding carboxylic acids is 2. The van der Waals surface area contributed by atoms with E-state index in [9.17, 15) is 23.5 Å². The second-order valence-corrected chi connectivity index (χ2v) is 12.3. The van der Waals surface area contributed by atoms with Gasteiger partial charge in [-0.1, -0.05) is 0 Å². The van der Waals surface area contributed by atoms with Gasteiger partial charge in [0.1, 0.15) is 11.5 Å². The van der Waals surface area contributed by atoms with Gasteiger partial charge in [-0.25, -0.2) is 18.7 Å². The van der Waals surface area contributed by atoms with Crippen LogP contribution in [0.5, 0.6) is 0 Å². The highest BCUT2D eigenvalue weighted by Gasteiger charge is 2.46. The zero-order valence-electron chi connectivity index (χ0n) is 22.1. The van der Waals surface area contributed by atoms with Crippen molar-refractivity contribution in [2.45, 2.75) is 96.4 Å². The Labute approximate surface area is 219 Å². The molecule has 1 aliphatic carbocycles. The number of aromatic nitrogens is 2. The fraction of sp³-hybridized carbons (Fsp3) is 0.615. The lowest BCUT2D eigenvalue weighted by atomic mass is 9.78. The molecule has 4 rings (SSSR count). The van der Waals surface area contributed by atoms with Crippen molar-refractivity contribution in [3.8, 4) is 10.4 Å². The Morgan fingerprint density at radius 2 is 2.00 bits per heavy atom. The molecule has 2 aromatic rings. The Hall–Kier alpha value is -2.66. The van der Waals surface area contributed by atoms with E-state index in [0.29, 0.717) is 16.3 Å². The number of aryl methyl sites for hydroxylation is 1. The minimum absolute atomic E-state index is 0.00608. The fourth-order valence-electron chi connectivity index (χ4n) is 4.60. The summed E-state index contributed by atoms with van der Waals surface area (Å²) in [5.41, 5.74) is 0.206. The summed E-state index contributed by atoms with van der Waals surface area (Å²) < 4.78 is 28.2. The van der Waals surface area contributed by atoms with Gasteiger partial charge in [0, 0.05) is 29.8 Å².